The van der Waals surface area contributed by atoms with Crippen LogP contribution in [0.15, 0.2) is 12.4 Å². The Balaban J connectivity index is 1.89. The summed E-state index contributed by atoms with van der Waals surface area (Å²) in [5.74, 6) is -0.251. The van der Waals surface area contributed by atoms with Gasteiger partial charge in [0, 0.05) is 19.3 Å². The van der Waals surface area contributed by atoms with E-state index in [1.165, 1.54) is 10.9 Å². The molecule has 0 aliphatic carbocycles. The topological polar surface area (TPSA) is 102 Å². The zero-order valence-electron chi connectivity index (χ0n) is 14.6. The van der Waals surface area contributed by atoms with Gasteiger partial charge < -0.3 is 20.7 Å². The SMILES string of the molecule is CCCC(N)C(=O)Nc1cnn(CC(=O)N2CC(C)OC(C)C2)c1. The number of hydrogen-bond donors (Lipinski definition) is 2. The van der Waals surface area contributed by atoms with E-state index in [-0.39, 0.29) is 30.6 Å². The molecule has 1 aromatic rings. The first-order valence-corrected chi connectivity index (χ1v) is 8.41. The highest BCUT2D eigenvalue weighted by atomic mass is 16.5. The first-order chi connectivity index (χ1) is 11.4. The fourth-order valence-electron chi connectivity index (χ4n) is 2.81. The zero-order chi connectivity index (χ0) is 17.7. The van der Waals surface area contributed by atoms with Gasteiger partial charge in [-0.05, 0) is 20.3 Å². The highest BCUT2D eigenvalue weighted by molar-refractivity contribution is 5.94. The molecular weight excluding hydrogens is 310 g/mol. The van der Waals surface area contributed by atoms with Crippen LogP contribution < -0.4 is 11.1 Å². The fraction of sp³-hybridized carbons (Fsp3) is 0.688. The van der Waals surface area contributed by atoms with E-state index in [4.69, 9.17) is 10.5 Å². The van der Waals surface area contributed by atoms with Crippen molar-refractivity contribution in [3.8, 4) is 0 Å². The van der Waals surface area contributed by atoms with Crippen LogP contribution in [-0.2, 0) is 20.9 Å². The highest BCUT2D eigenvalue weighted by Gasteiger charge is 2.26. The maximum Gasteiger partial charge on any atom is 0.244 e. The number of carbonyl (C=O) groups excluding carboxylic acids is 2. The Morgan fingerprint density at radius 1 is 1.42 bits per heavy atom. The summed E-state index contributed by atoms with van der Waals surface area (Å²) >= 11 is 0. The van der Waals surface area contributed by atoms with Crippen molar-refractivity contribution in [3.63, 3.8) is 0 Å². The third kappa shape index (κ3) is 5.04. The number of amides is 2. The van der Waals surface area contributed by atoms with E-state index >= 15 is 0 Å². The fourth-order valence-corrected chi connectivity index (χ4v) is 2.81. The van der Waals surface area contributed by atoms with Crippen LogP contribution in [0.25, 0.3) is 0 Å². The van der Waals surface area contributed by atoms with Crippen molar-refractivity contribution in [2.75, 3.05) is 18.4 Å². The third-order valence-corrected chi connectivity index (χ3v) is 3.91. The van der Waals surface area contributed by atoms with E-state index < -0.39 is 6.04 Å². The van der Waals surface area contributed by atoms with Gasteiger partial charge in [0.15, 0.2) is 0 Å². The predicted octanol–water partition coefficient (Wildman–Crippen LogP) is 0.585. The summed E-state index contributed by atoms with van der Waals surface area (Å²) in [5, 5.41) is 6.85. The van der Waals surface area contributed by atoms with Gasteiger partial charge in [-0.1, -0.05) is 13.3 Å². The van der Waals surface area contributed by atoms with Gasteiger partial charge in [0.2, 0.25) is 11.8 Å². The Bertz CT molecular complexity index is 564. The van der Waals surface area contributed by atoms with Crippen LogP contribution in [0.5, 0.6) is 0 Å². The molecule has 1 aliphatic heterocycles. The second kappa shape index (κ2) is 8.25. The Hall–Kier alpha value is -1.93. The molecule has 1 saturated heterocycles. The lowest BCUT2D eigenvalue weighted by atomic mass is 10.2. The van der Waals surface area contributed by atoms with Crippen LogP contribution in [0.2, 0.25) is 0 Å². The van der Waals surface area contributed by atoms with Crippen molar-refractivity contribution in [1.82, 2.24) is 14.7 Å². The highest BCUT2D eigenvalue weighted by Crippen LogP contribution is 2.12. The number of anilines is 1. The number of carbonyl (C=O) groups is 2. The van der Waals surface area contributed by atoms with Gasteiger partial charge in [-0.25, -0.2) is 0 Å². The van der Waals surface area contributed by atoms with E-state index in [2.05, 4.69) is 10.4 Å². The molecule has 2 heterocycles. The molecule has 24 heavy (non-hydrogen) atoms. The summed E-state index contributed by atoms with van der Waals surface area (Å²) in [7, 11) is 0. The van der Waals surface area contributed by atoms with Crippen molar-refractivity contribution in [2.24, 2.45) is 5.73 Å². The van der Waals surface area contributed by atoms with E-state index in [1.54, 1.807) is 11.1 Å². The lowest BCUT2D eigenvalue weighted by Crippen LogP contribution is -2.49. The van der Waals surface area contributed by atoms with Crippen molar-refractivity contribution < 1.29 is 14.3 Å². The summed E-state index contributed by atoms with van der Waals surface area (Å²) in [6.07, 6.45) is 4.70. The standard InChI is InChI=1S/C16H27N5O3/c1-4-5-14(17)16(23)19-13-6-18-21(9-13)10-15(22)20-7-11(2)24-12(3)8-20/h6,9,11-12,14H,4-5,7-8,10,17H2,1-3H3,(H,19,23). The lowest BCUT2D eigenvalue weighted by Gasteiger charge is -2.35. The van der Waals surface area contributed by atoms with Gasteiger partial charge in [-0.3, -0.25) is 14.3 Å². The van der Waals surface area contributed by atoms with Gasteiger partial charge in [0.05, 0.1) is 30.1 Å². The average Bonchev–Trinajstić information content (AvgIpc) is 2.93. The molecule has 0 spiro atoms. The number of nitrogens with one attached hydrogen (secondary N) is 1. The maximum atomic E-state index is 12.4. The molecule has 3 unspecified atom stereocenters. The summed E-state index contributed by atoms with van der Waals surface area (Å²) in [4.78, 5) is 26.1. The predicted molar refractivity (Wildman–Crippen MR) is 90.3 cm³/mol. The smallest absolute Gasteiger partial charge is 0.244 e. The van der Waals surface area contributed by atoms with Crippen LogP contribution >= 0.6 is 0 Å². The minimum absolute atomic E-state index is 0.0133. The third-order valence-electron chi connectivity index (χ3n) is 3.91. The molecular formula is C16H27N5O3. The molecule has 8 heteroatoms. The molecule has 1 aromatic heterocycles. The molecule has 2 amide bonds. The Morgan fingerprint density at radius 2 is 2.08 bits per heavy atom. The molecule has 2 rings (SSSR count). The summed E-state index contributed by atoms with van der Waals surface area (Å²) in [6.45, 7) is 7.19. The van der Waals surface area contributed by atoms with E-state index in [0.717, 1.165) is 6.42 Å². The van der Waals surface area contributed by atoms with Gasteiger partial charge in [-0.2, -0.15) is 5.10 Å². The Labute approximate surface area is 142 Å². The Morgan fingerprint density at radius 3 is 2.71 bits per heavy atom. The molecule has 8 nitrogen and oxygen atoms in total. The molecule has 0 aromatic carbocycles. The molecule has 3 N–H and O–H groups in total. The second-order valence-electron chi connectivity index (χ2n) is 6.37. The van der Waals surface area contributed by atoms with Crippen LogP contribution in [0.4, 0.5) is 5.69 Å². The van der Waals surface area contributed by atoms with Gasteiger partial charge in [0.25, 0.3) is 0 Å². The van der Waals surface area contributed by atoms with Gasteiger partial charge in [0.1, 0.15) is 6.54 Å². The summed E-state index contributed by atoms with van der Waals surface area (Å²) < 4.78 is 7.15. The molecule has 0 bridgehead atoms. The maximum absolute atomic E-state index is 12.4. The van der Waals surface area contributed by atoms with Crippen LogP contribution in [0.3, 0.4) is 0 Å². The zero-order valence-corrected chi connectivity index (χ0v) is 14.6. The second-order valence-corrected chi connectivity index (χ2v) is 6.37. The minimum atomic E-state index is -0.531. The van der Waals surface area contributed by atoms with Crippen LogP contribution in [0, 0.1) is 0 Å². The van der Waals surface area contributed by atoms with Crippen molar-refractivity contribution in [1.29, 1.82) is 0 Å². The summed E-state index contributed by atoms with van der Waals surface area (Å²) in [6, 6.07) is -0.531. The van der Waals surface area contributed by atoms with Gasteiger partial charge in [-0.15, -0.1) is 0 Å². The van der Waals surface area contributed by atoms with Crippen LogP contribution in [0.1, 0.15) is 33.6 Å². The molecule has 3 atom stereocenters. The van der Waals surface area contributed by atoms with Gasteiger partial charge >= 0.3 is 0 Å². The first kappa shape index (κ1) is 18.4. The number of hydrogen-bond acceptors (Lipinski definition) is 5. The molecule has 1 aliphatic rings. The summed E-state index contributed by atoms with van der Waals surface area (Å²) in [5.41, 5.74) is 6.32. The van der Waals surface area contributed by atoms with Crippen molar-refractivity contribution >= 4 is 17.5 Å². The molecule has 134 valence electrons. The average molecular weight is 337 g/mol. The lowest BCUT2D eigenvalue weighted by molar-refractivity contribution is -0.144. The number of ether oxygens (including phenoxy) is 1. The van der Waals surface area contributed by atoms with E-state index in [0.29, 0.717) is 25.2 Å². The molecule has 0 radical (unpaired) electrons. The van der Waals surface area contributed by atoms with Crippen molar-refractivity contribution in [2.45, 2.75) is 58.4 Å². The number of nitrogens with zero attached hydrogens (tertiary/aromatic N) is 3. The van der Waals surface area contributed by atoms with Crippen molar-refractivity contribution in [3.05, 3.63) is 12.4 Å². The number of morpholine rings is 1. The van der Waals surface area contributed by atoms with E-state index in [1.807, 2.05) is 20.8 Å². The quantitative estimate of drug-likeness (QED) is 0.791. The normalized spacial score (nSPS) is 22.2. The monoisotopic (exact) mass is 337 g/mol. The van der Waals surface area contributed by atoms with Crippen LogP contribution in [-0.4, -0.2) is 57.8 Å². The minimum Gasteiger partial charge on any atom is -0.372 e. The number of aromatic nitrogens is 2. The molecule has 0 saturated carbocycles. The number of rotatable bonds is 6. The largest absolute Gasteiger partial charge is 0.372 e. The number of nitrogens with two attached hydrogens (primary N) is 1. The molecule has 1 fully saturated rings. The van der Waals surface area contributed by atoms with E-state index in [9.17, 15) is 9.59 Å². The first-order valence-electron chi connectivity index (χ1n) is 8.41. The Kier molecular flexibility index (Phi) is 6.33.